The lowest BCUT2D eigenvalue weighted by molar-refractivity contribution is 0.416. The molecular weight excluding hydrogens is 282 g/mol. The number of methoxy groups -OCH3 is 1. The van der Waals surface area contributed by atoms with Crippen LogP contribution in [0.25, 0.3) is 11.3 Å². The van der Waals surface area contributed by atoms with Crippen molar-refractivity contribution in [2.75, 3.05) is 12.4 Å². The fourth-order valence-corrected chi connectivity index (χ4v) is 1.80. The first kappa shape index (κ1) is 12.3. The molecule has 108 valence electrons. The molecule has 3 aromatic rings. The number of nitrogens with one attached hydrogen (secondary N) is 2. The van der Waals surface area contributed by atoms with Crippen LogP contribution < -0.4 is 10.1 Å². The van der Waals surface area contributed by atoms with Crippen LogP contribution in [0.2, 0.25) is 0 Å². The van der Waals surface area contributed by atoms with E-state index in [0.29, 0.717) is 28.6 Å². The number of nitrogens with zero attached hydrogens (tertiary/aromatic N) is 5. The minimum absolute atomic E-state index is 0.0812. The number of ether oxygens (including phenoxy) is 1. The van der Waals surface area contributed by atoms with Crippen molar-refractivity contribution in [1.29, 1.82) is 5.26 Å². The van der Waals surface area contributed by atoms with Gasteiger partial charge in [0.25, 0.3) is 0 Å². The Hall–Kier alpha value is -3.47. The van der Waals surface area contributed by atoms with Crippen LogP contribution in [-0.4, -0.2) is 32.3 Å². The third kappa shape index (κ3) is 2.69. The molecule has 0 spiro atoms. The summed E-state index contributed by atoms with van der Waals surface area (Å²) in [4.78, 5) is 11.9. The van der Waals surface area contributed by atoms with Crippen LogP contribution in [0.4, 0.5) is 11.6 Å². The Morgan fingerprint density at radius 1 is 1.36 bits per heavy atom. The molecule has 0 amide bonds. The molecule has 0 bridgehead atoms. The molecule has 0 aliphatic rings. The molecule has 0 radical (unpaired) electrons. The van der Waals surface area contributed by atoms with E-state index in [-0.39, 0.29) is 11.9 Å². The minimum Gasteiger partial charge on any atom is -0.496 e. The summed E-state index contributed by atoms with van der Waals surface area (Å²) in [6.07, 6.45) is 4.39. The second kappa shape index (κ2) is 5.88. The zero-order chi connectivity index (χ0) is 16.2. The Labute approximate surface area is 127 Å². The zero-order valence-electron chi connectivity index (χ0n) is 12.5. The van der Waals surface area contributed by atoms with E-state index >= 15 is 0 Å². The second-order valence-electron chi connectivity index (χ2n) is 4.19. The topological polar surface area (TPSA) is 112 Å². The van der Waals surface area contributed by atoms with Gasteiger partial charge in [0.05, 0.1) is 32.1 Å². The molecule has 8 heteroatoms. The lowest BCUT2D eigenvalue weighted by atomic mass is 10.2. The predicted molar refractivity (Wildman–Crippen MR) is 78.4 cm³/mol. The first-order chi connectivity index (χ1) is 11.2. The van der Waals surface area contributed by atoms with Gasteiger partial charge in [0.2, 0.25) is 0 Å². The van der Waals surface area contributed by atoms with Crippen LogP contribution in [0.15, 0.2) is 36.9 Å². The number of nitriles is 1. The summed E-state index contributed by atoms with van der Waals surface area (Å²) < 4.78 is 13.2. The van der Waals surface area contributed by atoms with Crippen molar-refractivity contribution in [2.45, 2.75) is 0 Å². The Balaban J connectivity index is 1.87. The molecule has 3 aromatic heterocycles. The van der Waals surface area contributed by atoms with Crippen molar-refractivity contribution in [1.82, 2.24) is 25.1 Å². The summed E-state index contributed by atoms with van der Waals surface area (Å²) in [5, 5.41) is 18.6. The van der Waals surface area contributed by atoms with Gasteiger partial charge in [-0.2, -0.15) is 10.4 Å². The summed E-state index contributed by atoms with van der Waals surface area (Å²) in [6, 6.07) is 5.28. The van der Waals surface area contributed by atoms with Crippen LogP contribution in [0.1, 0.15) is 7.06 Å². The molecule has 8 nitrogen and oxygen atoms in total. The van der Waals surface area contributed by atoms with E-state index in [1.807, 2.05) is 6.07 Å². The molecule has 0 saturated heterocycles. The highest BCUT2D eigenvalue weighted by Gasteiger charge is 2.09. The Kier molecular flexibility index (Phi) is 3.29. The van der Waals surface area contributed by atoms with E-state index in [9.17, 15) is 0 Å². The SMILES string of the molecule is [2H]c1nccc(OC)c1-c1cc(Nc2cnc(C#N)cn2)n[nH]1. The lowest BCUT2D eigenvalue weighted by Crippen LogP contribution is -1.95. The smallest absolute Gasteiger partial charge is 0.158 e. The van der Waals surface area contributed by atoms with Crippen molar-refractivity contribution >= 4 is 11.6 Å². The van der Waals surface area contributed by atoms with E-state index < -0.39 is 0 Å². The summed E-state index contributed by atoms with van der Waals surface area (Å²) in [5.74, 6) is 1.47. The molecule has 0 aliphatic carbocycles. The van der Waals surface area contributed by atoms with E-state index in [4.69, 9.17) is 11.4 Å². The summed E-state index contributed by atoms with van der Waals surface area (Å²) in [6.45, 7) is 0. The highest BCUT2D eigenvalue weighted by molar-refractivity contribution is 5.69. The van der Waals surface area contributed by atoms with Crippen LogP contribution in [0.3, 0.4) is 0 Å². The van der Waals surface area contributed by atoms with Gasteiger partial charge in [0.15, 0.2) is 11.5 Å². The number of aromatic nitrogens is 5. The van der Waals surface area contributed by atoms with E-state index in [0.717, 1.165) is 0 Å². The van der Waals surface area contributed by atoms with Crippen molar-refractivity contribution in [3.05, 3.63) is 42.6 Å². The monoisotopic (exact) mass is 294 g/mol. The molecule has 0 fully saturated rings. The average molecular weight is 294 g/mol. The third-order valence-electron chi connectivity index (χ3n) is 2.81. The molecule has 3 heterocycles. The van der Waals surface area contributed by atoms with Crippen LogP contribution in [-0.2, 0) is 0 Å². The summed E-state index contributed by atoms with van der Waals surface area (Å²) >= 11 is 0. The Morgan fingerprint density at radius 2 is 2.27 bits per heavy atom. The van der Waals surface area contributed by atoms with Gasteiger partial charge in [-0.25, -0.2) is 9.97 Å². The van der Waals surface area contributed by atoms with Crippen molar-refractivity contribution < 1.29 is 6.11 Å². The van der Waals surface area contributed by atoms with Gasteiger partial charge in [-0.05, 0) is 6.07 Å². The fraction of sp³-hybridized carbons (Fsp3) is 0.0714. The van der Waals surface area contributed by atoms with Gasteiger partial charge in [0.1, 0.15) is 17.6 Å². The average Bonchev–Trinajstić information content (AvgIpc) is 3.03. The first-order valence-electron chi connectivity index (χ1n) is 6.76. The van der Waals surface area contributed by atoms with E-state index in [2.05, 4.69) is 30.5 Å². The minimum atomic E-state index is 0.0812. The molecule has 0 atom stereocenters. The summed E-state index contributed by atoms with van der Waals surface area (Å²) in [5.41, 5.74) is 1.34. The number of hydrogen-bond donors (Lipinski definition) is 2. The van der Waals surface area contributed by atoms with Crippen LogP contribution in [0, 0.1) is 11.3 Å². The number of aromatic amines is 1. The van der Waals surface area contributed by atoms with Crippen LogP contribution in [0.5, 0.6) is 5.75 Å². The number of rotatable bonds is 4. The predicted octanol–water partition coefficient (Wildman–Crippen LogP) is 1.89. The molecule has 22 heavy (non-hydrogen) atoms. The van der Waals surface area contributed by atoms with E-state index in [1.165, 1.54) is 25.7 Å². The third-order valence-corrected chi connectivity index (χ3v) is 2.81. The first-order valence-corrected chi connectivity index (χ1v) is 6.26. The molecule has 0 saturated carbocycles. The fourth-order valence-electron chi connectivity index (χ4n) is 1.80. The molecule has 2 N–H and O–H groups in total. The summed E-state index contributed by atoms with van der Waals surface area (Å²) in [7, 11) is 1.53. The van der Waals surface area contributed by atoms with Crippen molar-refractivity contribution in [3.8, 4) is 23.1 Å². The van der Waals surface area contributed by atoms with E-state index in [1.54, 1.807) is 12.1 Å². The molecular formula is C14H11N7O. The maximum atomic E-state index is 8.70. The number of pyridine rings is 1. The Bertz CT molecular complexity index is 870. The van der Waals surface area contributed by atoms with Gasteiger partial charge < -0.3 is 10.1 Å². The van der Waals surface area contributed by atoms with Crippen molar-refractivity contribution in [2.24, 2.45) is 0 Å². The number of anilines is 2. The highest BCUT2D eigenvalue weighted by atomic mass is 16.5. The zero-order valence-corrected chi connectivity index (χ0v) is 11.5. The standard InChI is InChI=1S/C14H11N7O/c1-22-12-2-3-16-7-10(12)11-4-13(21-20-11)19-14-8-17-9(5-15)6-18-14/h2-4,6-8H,1H3,(H2,18,19,20,21)/i7D. The molecule has 0 aromatic carbocycles. The normalized spacial score (nSPS) is 10.6. The largest absolute Gasteiger partial charge is 0.496 e. The van der Waals surface area contributed by atoms with Gasteiger partial charge in [-0.1, -0.05) is 0 Å². The number of hydrogen-bond acceptors (Lipinski definition) is 7. The maximum Gasteiger partial charge on any atom is 0.158 e. The lowest BCUT2D eigenvalue weighted by Gasteiger charge is -2.04. The van der Waals surface area contributed by atoms with Crippen LogP contribution >= 0.6 is 0 Å². The van der Waals surface area contributed by atoms with Gasteiger partial charge in [-0.15, -0.1) is 0 Å². The molecule has 0 unspecified atom stereocenters. The highest BCUT2D eigenvalue weighted by Crippen LogP contribution is 2.28. The number of H-pyrrole nitrogens is 1. The van der Waals surface area contributed by atoms with Gasteiger partial charge in [-0.3, -0.25) is 10.1 Å². The molecule has 3 rings (SSSR count). The van der Waals surface area contributed by atoms with Gasteiger partial charge in [0, 0.05) is 18.4 Å². The second-order valence-corrected chi connectivity index (χ2v) is 4.19. The molecule has 0 aliphatic heterocycles. The maximum absolute atomic E-state index is 8.70. The van der Waals surface area contributed by atoms with Crippen molar-refractivity contribution in [3.63, 3.8) is 0 Å². The quantitative estimate of drug-likeness (QED) is 0.755. The Morgan fingerprint density at radius 3 is 3.00 bits per heavy atom. The van der Waals surface area contributed by atoms with Gasteiger partial charge >= 0.3 is 0 Å².